The number of hydrogen-bond donors (Lipinski definition) is 3. The largest absolute Gasteiger partial charge is 1.00 e. The molecule has 5 rings (SSSR count). The molecule has 10 nitrogen and oxygen atoms in total. The third-order valence-corrected chi connectivity index (χ3v) is 6.71. The van der Waals surface area contributed by atoms with Gasteiger partial charge in [-0.2, -0.15) is 0 Å². The van der Waals surface area contributed by atoms with E-state index in [1.54, 1.807) is 12.1 Å². The van der Waals surface area contributed by atoms with E-state index in [-0.39, 0.29) is 42.5 Å². The molecule has 0 bridgehead atoms. The van der Waals surface area contributed by atoms with Crippen molar-refractivity contribution in [1.29, 1.82) is 0 Å². The fraction of sp³-hybridized carbons (Fsp3) is 0.0714. The predicted molar refractivity (Wildman–Crippen MR) is 173 cm³/mol. The van der Waals surface area contributed by atoms with Gasteiger partial charge in [0.15, 0.2) is 0 Å². The van der Waals surface area contributed by atoms with Gasteiger partial charge in [0, 0.05) is 11.1 Å². The Bertz CT molecular complexity index is 1920. The SMILES string of the molecule is FC(F)(F)Oc1ccc(-c2nc3cc(Cl)c(Cl)cc3[nH]2)cc1.Nc1cc(Cl)c(Cl)cc1N.O=Cc1ccc(OC(F)(F)F)cc1.O=S(=O)=O.[H-].[Na+]. The second-order valence-electron chi connectivity index (χ2n) is 8.78. The van der Waals surface area contributed by atoms with E-state index < -0.39 is 23.3 Å². The fourth-order valence-corrected chi connectivity index (χ4v) is 3.95. The van der Waals surface area contributed by atoms with E-state index in [1.807, 2.05) is 0 Å². The first-order valence-corrected chi connectivity index (χ1v) is 15.0. The normalized spacial score (nSPS) is 10.5. The van der Waals surface area contributed by atoms with Crippen molar-refractivity contribution in [2.45, 2.75) is 12.7 Å². The molecule has 0 saturated carbocycles. The van der Waals surface area contributed by atoms with Crippen molar-refractivity contribution in [1.82, 2.24) is 9.97 Å². The van der Waals surface area contributed by atoms with E-state index in [9.17, 15) is 31.1 Å². The number of nitrogens with one attached hydrogen (secondary N) is 1. The summed E-state index contributed by atoms with van der Waals surface area (Å²) in [5.74, 6) is -0.136. The molecule has 0 fully saturated rings. The number of halogens is 10. The number of aldehydes is 1. The minimum atomic E-state index is -4.71. The first kappa shape index (κ1) is 44.6. The number of ether oxygens (including phenoxy) is 2. The third kappa shape index (κ3) is 16.1. The van der Waals surface area contributed by atoms with Crippen molar-refractivity contribution in [3.8, 4) is 22.9 Å². The van der Waals surface area contributed by atoms with E-state index in [2.05, 4.69) is 19.4 Å². The average molecular weight is 818 g/mol. The quantitative estimate of drug-likeness (QED) is 0.0840. The molecule has 5 N–H and O–H groups in total. The molecule has 0 aliphatic rings. The van der Waals surface area contributed by atoms with Crippen molar-refractivity contribution in [2.24, 2.45) is 0 Å². The van der Waals surface area contributed by atoms with Crippen LogP contribution in [0.1, 0.15) is 11.8 Å². The molecule has 22 heteroatoms. The standard InChI is InChI=1S/C14H7Cl2F3N2O.C8H5F3O2.C6H6Cl2N2.Na.O3S.H/c15-9-5-11-12(6-10(9)16)21-13(20-11)7-1-3-8(4-2-7)22-14(17,18)19;9-8(10,11)13-7-3-1-6(5-12)2-4-7;7-3-1-5(9)6(10)2-4(3)8;;1-4(2)3;/h1-6H,(H,20,21);1-5H;1-2H,9-10H2;;;/q;;;+1;;-1. The maximum absolute atomic E-state index is 12.1. The molecule has 0 aliphatic heterocycles. The summed E-state index contributed by atoms with van der Waals surface area (Å²) < 4.78 is 104. The van der Waals surface area contributed by atoms with Crippen LogP contribution in [-0.4, -0.2) is 41.6 Å². The van der Waals surface area contributed by atoms with Crippen molar-refractivity contribution in [3.05, 3.63) is 98.5 Å². The summed E-state index contributed by atoms with van der Waals surface area (Å²) in [5, 5.41) is 1.61. The van der Waals surface area contributed by atoms with Crippen LogP contribution < -0.4 is 50.5 Å². The number of aromatic amines is 1. The fourth-order valence-electron chi connectivity index (χ4n) is 3.28. The Morgan fingerprint density at radius 2 is 1.08 bits per heavy atom. The minimum Gasteiger partial charge on any atom is -1.00 e. The number of nitrogens with zero attached hydrogens (tertiary/aromatic N) is 1. The smallest absolute Gasteiger partial charge is 1.00 e. The average Bonchev–Trinajstić information content (AvgIpc) is 3.38. The van der Waals surface area contributed by atoms with Gasteiger partial charge in [-0.1, -0.05) is 46.4 Å². The molecule has 1 heterocycles. The second-order valence-corrected chi connectivity index (χ2v) is 10.8. The number of alkyl halides is 6. The zero-order chi connectivity index (χ0) is 37.1. The number of carbonyl (C=O) groups excluding carboxylic acids is 1. The molecular weight excluding hydrogens is 799 g/mol. The molecule has 0 radical (unpaired) electrons. The summed E-state index contributed by atoms with van der Waals surface area (Å²) in [6, 6.07) is 16.3. The van der Waals surface area contributed by atoms with Crippen molar-refractivity contribution in [2.75, 3.05) is 11.5 Å². The zero-order valence-corrected chi connectivity index (χ0v) is 30.6. The van der Waals surface area contributed by atoms with Gasteiger partial charge >= 0.3 is 52.9 Å². The number of H-pyrrole nitrogens is 1. The van der Waals surface area contributed by atoms with Crippen LogP contribution >= 0.6 is 46.4 Å². The molecule has 0 saturated heterocycles. The predicted octanol–water partition coefficient (Wildman–Crippen LogP) is 6.10. The summed E-state index contributed by atoms with van der Waals surface area (Å²) in [5.41, 5.74) is 14.0. The molecular formula is C28H19Cl4F6N4NaO6S. The van der Waals surface area contributed by atoms with Gasteiger partial charge in [0.25, 0.3) is 0 Å². The summed E-state index contributed by atoms with van der Waals surface area (Å²) in [4.78, 5) is 17.5. The van der Waals surface area contributed by atoms with E-state index in [0.29, 0.717) is 65.7 Å². The Hall–Kier alpha value is -3.42. The molecule has 5 aromatic rings. The third-order valence-electron chi connectivity index (χ3n) is 5.26. The van der Waals surface area contributed by atoms with Gasteiger partial charge in [-0.15, -0.1) is 39.0 Å². The van der Waals surface area contributed by atoms with Gasteiger partial charge in [0.05, 0.1) is 42.5 Å². The Labute approximate surface area is 323 Å². The maximum Gasteiger partial charge on any atom is 1.00 e. The number of nitrogen functional groups attached to an aromatic ring is 2. The molecule has 0 amide bonds. The molecule has 0 unspecified atom stereocenters. The molecule has 4 aromatic carbocycles. The van der Waals surface area contributed by atoms with Crippen LogP contribution in [0.4, 0.5) is 37.7 Å². The number of nitrogens with two attached hydrogens (primary N) is 2. The summed E-state index contributed by atoms with van der Waals surface area (Å²) in [6.45, 7) is 0. The number of fused-ring (bicyclic) bond motifs is 1. The van der Waals surface area contributed by atoms with Crippen LogP contribution in [0.2, 0.25) is 20.1 Å². The Morgan fingerprint density at radius 3 is 1.48 bits per heavy atom. The Balaban J connectivity index is 0.000000739. The second kappa shape index (κ2) is 19.8. The monoisotopic (exact) mass is 816 g/mol. The van der Waals surface area contributed by atoms with E-state index in [0.717, 1.165) is 12.1 Å². The van der Waals surface area contributed by atoms with Gasteiger partial charge in [0.1, 0.15) is 23.6 Å². The van der Waals surface area contributed by atoms with Gasteiger partial charge in [0.2, 0.25) is 0 Å². The van der Waals surface area contributed by atoms with Crippen molar-refractivity contribution in [3.63, 3.8) is 0 Å². The Morgan fingerprint density at radius 1 is 0.700 bits per heavy atom. The van der Waals surface area contributed by atoms with Crippen LogP contribution in [0.25, 0.3) is 22.4 Å². The number of rotatable bonds is 4. The molecule has 0 aliphatic carbocycles. The topological polar surface area (TPSA) is 167 Å². The summed E-state index contributed by atoms with van der Waals surface area (Å²) in [7, 11) is -3.11. The molecule has 0 atom stereocenters. The number of imidazole rings is 1. The number of anilines is 2. The van der Waals surface area contributed by atoms with Crippen LogP contribution in [0.5, 0.6) is 11.5 Å². The summed E-state index contributed by atoms with van der Waals surface area (Å²) in [6.07, 6.45) is -8.87. The first-order valence-electron chi connectivity index (χ1n) is 12.5. The summed E-state index contributed by atoms with van der Waals surface area (Å²) >= 11 is 23.1. The van der Waals surface area contributed by atoms with E-state index >= 15 is 0 Å². The molecule has 50 heavy (non-hydrogen) atoms. The van der Waals surface area contributed by atoms with Gasteiger partial charge in [-0.3, -0.25) is 4.79 Å². The van der Waals surface area contributed by atoms with Crippen LogP contribution in [0, 0.1) is 0 Å². The van der Waals surface area contributed by atoms with Crippen LogP contribution in [0.15, 0.2) is 72.8 Å². The van der Waals surface area contributed by atoms with Crippen molar-refractivity contribution >= 4 is 85.7 Å². The van der Waals surface area contributed by atoms with Crippen LogP contribution in [0.3, 0.4) is 0 Å². The first-order chi connectivity index (χ1) is 22.7. The Kier molecular flexibility index (Phi) is 17.7. The van der Waals surface area contributed by atoms with E-state index in [1.165, 1.54) is 48.5 Å². The minimum absolute atomic E-state index is 0. The van der Waals surface area contributed by atoms with Crippen LogP contribution in [-0.2, 0) is 10.6 Å². The zero-order valence-electron chi connectivity index (χ0n) is 25.7. The number of aromatic nitrogens is 2. The van der Waals surface area contributed by atoms with Gasteiger partial charge in [-0.25, -0.2) is 4.98 Å². The number of hydrogen-bond acceptors (Lipinski definition) is 9. The number of carbonyl (C=O) groups is 1. The van der Waals surface area contributed by atoms with Crippen molar-refractivity contribution < 1.29 is 84.2 Å². The maximum atomic E-state index is 12.1. The van der Waals surface area contributed by atoms with Gasteiger partial charge < -0.3 is 27.4 Å². The van der Waals surface area contributed by atoms with E-state index in [4.69, 9.17) is 70.5 Å². The molecule has 1 aromatic heterocycles. The molecule has 264 valence electrons. The van der Waals surface area contributed by atoms with Gasteiger partial charge in [-0.05, 0) is 72.8 Å². The molecule has 0 spiro atoms. The number of benzene rings is 4.